The van der Waals surface area contributed by atoms with Crippen molar-refractivity contribution in [1.82, 2.24) is 9.97 Å². The van der Waals surface area contributed by atoms with Gasteiger partial charge in [-0.2, -0.15) is 0 Å². The predicted octanol–water partition coefficient (Wildman–Crippen LogP) is 2.72. The third kappa shape index (κ3) is 3.37. The number of amides is 1. The summed E-state index contributed by atoms with van der Waals surface area (Å²) >= 11 is 0. The molecule has 21 heavy (non-hydrogen) atoms. The van der Waals surface area contributed by atoms with Gasteiger partial charge in [-0.15, -0.1) is 0 Å². The topological polar surface area (TPSA) is 58.1 Å². The average Bonchev–Trinajstić information content (AvgIpc) is 2.42. The summed E-state index contributed by atoms with van der Waals surface area (Å²) in [6.07, 6.45) is 1.58. The lowest BCUT2D eigenvalue weighted by molar-refractivity contribution is 0.102. The lowest BCUT2D eigenvalue weighted by Gasteiger charge is -2.13. The van der Waals surface area contributed by atoms with Gasteiger partial charge < -0.3 is 10.2 Å². The van der Waals surface area contributed by atoms with Gasteiger partial charge in [-0.25, -0.2) is 4.98 Å². The zero-order valence-corrected chi connectivity index (χ0v) is 13.1. The average molecular weight is 284 g/mol. The van der Waals surface area contributed by atoms with E-state index in [1.807, 2.05) is 51.9 Å². The van der Waals surface area contributed by atoms with Crippen molar-refractivity contribution in [2.75, 3.05) is 24.3 Å². The molecule has 2 aromatic rings. The van der Waals surface area contributed by atoms with Crippen LogP contribution in [-0.2, 0) is 0 Å². The fraction of sp³-hybridized carbons (Fsp3) is 0.312. The van der Waals surface area contributed by atoms with Crippen LogP contribution in [0.3, 0.4) is 0 Å². The van der Waals surface area contributed by atoms with Gasteiger partial charge in [0.05, 0.1) is 16.9 Å². The summed E-state index contributed by atoms with van der Waals surface area (Å²) in [5.74, 6) is 0.639. The second kappa shape index (κ2) is 5.91. The zero-order chi connectivity index (χ0) is 15.6. The van der Waals surface area contributed by atoms with E-state index in [0.29, 0.717) is 5.56 Å². The van der Waals surface area contributed by atoms with Gasteiger partial charge in [0.25, 0.3) is 5.91 Å². The Morgan fingerprint density at radius 3 is 2.43 bits per heavy atom. The molecule has 2 rings (SSSR count). The summed E-state index contributed by atoms with van der Waals surface area (Å²) in [7, 11) is 3.82. The summed E-state index contributed by atoms with van der Waals surface area (Å²) in [5.41, 5.74) is 4.06. The number of nitrogens with zero attached hydrogens (tertiary/aromatic N) is 3. The first-order chi connectivity index (χ1) is 9.88. The number of nitrogens with one attached hydrogen (secondary N) is 1. The Morgan fingerprint density at radius 1 is 1.19 bits per heavy atom. The van der Waals surface area contributed by atoms with Crippen molar-refractivity contribution in [2.24, 2.45) is 0 Å². The Balaban J connectivity index is 2.22. The molecule has 5 nitrogen and oxygen atoms in total. The van der Waals surface area contributed by atoms with Crippen LogP contribution in [0.4, 0.5) is 11.5 Å². The van der Waals surface area contributed by atoms with Crippen molar-refractivity contribution < 1.29 is 4.79 Å². The van der Waals surface area contributed by atoms with Crippen molar-refractivity contribution in [2.45, 2.75) is 20.8 Å². The van der Waals surface area contributed by atoms with Gasteiger partial charge in [0.1, 0.15) is 5.82 Å². The molecule has 0 aliphatic carbocycles. The molecule has 0 fully saturated rings. The number of hydrogen-bond donors (Lipinski definition) is 1. The van der Waals surface area contributed by atoms with E-state index in [0.717, 1.165) is 28.5 Å². The minimum absolute atomic E-state index is 0.176. The van der Waals surface area contributed by atoms with Gasteiger partial charge in [0.15, 0.2) is 0 Å². The number of aromatic nitrogens is 2. The Kier molecular flexibility index (Phi) is 4.21. The zero-order valence-electron chi connectivity index (χ0n) is 13.1. The molecular formula is C16H20N4O. The van der Waals surface area contributed by atoms with Crippen LogP contribution in [0.15, 0.2) is 24.4 Å². The molecule has 1 N–H and O–H groups in total. The first-order valence-corrected chi connectivity index (χ1v) is 6.78. The first kappa shape index (κ1) is 15.0. The molecule has 0 spiro atoms. The van der Waals surface area contributed by atoms with E-state index in [2.05, 4.69) is 15.3 Å². The summed E-state index contributed by atoms with van der Waals surface area (Å²) < 4.78 is 0. The second-order valence-corrected chi connectivity index (χ2v) is 5.29. The molecular weight excluding hydrogens is 264 g/mol. The number of hydrogen-bond acceptors (Lipinski definition) is 4. The van der Waals surface area contributed by atoms with Crippen LogP contribution in [0.5, 0.6) is 0 Å². The summed E-state index contributed by atoms with van der Waals surface area (Å²) in [5, 5.41) is 2.92. The van der Waals surface area contributed by atoms with E-state index in [1.54, 1.807) is 12.3 Å². The number of rotatable bonds is 3. The van der Waals surface area contributed by atoms with E-state index in [4.69, 9.17) is 0 Å². The quantitative estimate of drug-likeness (QED) is 0.941. The normalized spacial score (nSPS) is 10.3. The number of pyridine rings is 2. The number of anilines is 2. The third-order valence-electron chi connectivity index (χ3n) is 3.23. The molecule has 0 bridgehead atoms. The maximum absolute atomic E-state index is 12.3. The molecule has 0 aromatic carbocycles. The molecule has 0 saturated heterocycles. The minimum Gasteiger partial charge on any atom is -0.363 e. The second-order valence-electron chi connectivity index (χ2n) is 5.29. The van der Waals surface area contributed by atoms with Crippen LogP contribution in [0.2, 0.25) is 0 Å². The fourth-order valence-electron chi connectivity index (χ4n) is 2.18. The Labute approximate surface area is 125 Å². The van der Waals surface area contributed by atoms with Crippen molar-refractivity contribution in [1.29, 1.82) is 0 Å². The van der Waals surface area contributed by atoms with Gasteiger partial charge in [-0.3, -0.25) is 9.78 Å². The van der Waals surface area contributed by atoms with Crippen LogP contribution in [-0.4, -0.2) is 30.0 Å². The highest BCUT2D eigenvalue weighted by molar-refractivity contribution is 6.04. The largest absolute Gasteiger partial charge is 0.363 e. The maximum atomic E-state index is 12.3. The van der Waals surface area contributed by atoms with Crippen LogP contribution in [0.1, 0.15) is 27.3 Å². The number of carbonyl (C=O) groups is 1. The van der Waals surface area contributed by atoms with Gasteiger partial charge in [-0.1, -0.05) is 0 Å². The summed E-state index contributed by atoms with van der Waals surface area (Å²) in [6.45, 7) is 5.79. The minimum atomic E-state index is -0.176. The molecule has 2 aromatic heterocycles. The molecule has 0 aliphatic heterocycles. The fourth-order valence-corrected chi connectivity index (χ4v) is 2.18. The Hall–Kier alpha value is -2.43. The molecule has 0 saturated carbocycles. The van der Waals surface area contributed by atoms with Crippen molar-refractivity contribution in [3.05, 3.63) is 46.9 Å². The van der Waals surface area contributed by atoms with E-state index in [1.165, 1.54) is 0 Å². The van der Waals surface area contributed by atoms with Crippen LogP contribution < -0.4 is 10.2 Å². The van der Waals surface area contributed by atoms with Gasteiger partial charge in [0.2, 0.25) is 0 Å². The van der Waals surface area contributed by atoms with Crippen LogP contribution in [0, 0.1) is 20.8 Å². The van der Waals surface area contributed by atoms with E-state index >= 15 is 0 Å². The predicted molar refractivity (Wildman–Crippen MR) is 85.0 cm³/mol. The molecule has 0 unspecified atom stereocenters. The highest BCUT2D eigenvalue weighted by Crippen LogP contribution is 2.20. The molecule has 5 heteroatoms. The molecule has 1 amide bonds. The Bertz CT molecular complexity index is 639. The summed E-state index contributed by atoms with van der Waals surface area (Å²) in [6, 6.07) is 5.54. The highest BCUT2D eigenvalue weighted by atomic mass is 16.1. The van der Waals surface area contributed by atoms with Crippen molar-refractivity contribution in [3.8, 4) is 0 Å². The number of carbonyl (C=O) groups excluding carboxylic acids is 1. The first-order valence-electron chi connectivity index (χ1n) is 6.78. The lowest BCUT2D eigenvalue weighted by atomic mass is 10.1. The molecule has 0 atom stereocenters. The molecule has 2 heterocycles. The third-order valence-corrected chi connectivity index (χ3v) is 3.23. The molecule has 0 aliphatic rings. The Morgan fingerprint density at radius 2 is 1.90 bits per heavy atom. The molecule has 0 radical (unpaired) electrons. The van der Waals surface area contributed by atoms with Crippen LogP contribution in [0.25, 0.3) is 0 Å². The van der Waals surface area contributed by atoms with Gasteiger partial charge >= 0.3 is 0 Å². The van der Waals surface area contributed by atoms with E-state index < -0.39 is 0 Å². The smallest absolute Gasteiger partial charge is 0.257 e. The van der Waals surface area contributed by atoms with Crippen molar-refractivity contribution >= 4 is 17.4 Å². The van der Waals surface area contributed by atoms with E-state index in [9.17, 15) is 4.79 Å². The highest BCUT2D eigenvalue weighted by Gasteiger charge is 2.11. The SMILES string of the molecule is Cc1cc(C)c(NC(=O)c2ccc(N(C)C)nc2)c(C)n1. The lowest BCUT2D eigenvalue weighted by Crippen LogP contribution is -2.16. The van der Waals surface area contributed by atoms with Gasteiger partial charge in [-0.05, 0) is 44.5 Å². The molecule has 110 valence electrons. The van der Waals surface area contributed by atoms with Crippen molar-refractivity contribution in [3.63, 3.8) is 0 Å². The van der Waals surface area contributed by atoms with Gasteiger partial charge in [0, 0.05) is 26.0 Å². The van der Waals surface area contributed by atoms with E-state index in [-0.39, 0.29) is 5.91 Å². The maximum Gasteiger partial charge on any atom is 0.257 e. The van der Waals surface area contributed by atoms with Crippen LogP contribution >= 0.6 is 0 Å². The number of aryl methyl sites for hydroxylation is 3. The standard InChI is InChI=1S/C16H20N4O/c1-10-8-11(2)18-12(3)15(10)19-16(21)13-6-7-14(17-9-13)20(4)5/h6-9H,1-5H3,(H,19,21). The monoisotopic (exact) mass is 284 g/mol. The summed E-state index contributed by atoms with van der Waals surface area (Å²) in [4.78, 5) is 22.8.